The molecule has 10 nitrogen and oxygen atoms in total. The van der Waals surface area contributed by atoms with Crippen molar-refractivity contribution in [1.82, 2.24) is 20.5 Å². The van der Waals surface area contributed by atoms with Crippen LogP contribution in [0.3, 0.4) is 0 Å². The van der Waals surface area contributed by atoms with Crippen molar-refractivity contribution in [3.8, 4) is 0 Å². The third-order valence-corrected chi connectivity index (χ3v) is 8.57. The summed E-state index contributed by atoms with van der Waals surface area (Å²) in [7, 11) is 0. The molecule has 0 radical (unpaired) electrons. The van der Waals surface area contributed by atoms with E-state index in [-0.39, 0.29) is 24.4 Å². The SMILES string of the molecule is C[C@@H](c1c[nH]c2ccccc12)C(NC(=O)C1CCCN(C(=O)Cc2cc(F)cc(F)c2)C1)C(=O)N[C@@H](CCCCN)C(=O)OC(C)(C)C. The van der Waals surface area contributed by atoms with Gasteiger partial charge in [-0.1, -0.05) is 25.1 Å². The first-order valence-electron chi connectivity index (χ1n) is 16.6. The number of H-pyrrole nitrogens is 1. The summed E-state index contributed by atoms with van der Waals surface area (Å²) < 4.78 is 33.0. The molecular formula is C36H47F2N5O5. The van der Waals surface area contributed by atoms with Gasteiger partial charge in [-0.15, -0.1) is 0 Å². The van der Waals surface area contributed by atoms with Gasteiger partial charge in [0.1, 0.15) is 29.3 Å². The Hall–Kier alpha value is -4.32. The molecule has 0 aliphatic carbocycles. The number of unbranched alkanes of at least 4 members (excludes halogenated alkanes) is 1. The Morgan fingerprint density at radius 3 is 2.46 bits per heavy atom. The first-order valence-corrected chi connectivity index (χ1v) is 16.6. The average Bonchev–Trinajstić information content (AvgIpc) is 3.46. The summed E-state index contributed by atoms with van der Waals surface area (Å²) in [5.41, 5.74) is 6.80. The highest BCUT2D eigenvalue weighted by Gasteiger charge is 2.36. The highest BCUT2D eigenvalue weighted by molar-refractivity contribution is 5.93. The number of carbonyl (C=O) groups is 4. The second kappa shape index (κ2) is 16.2. The molecule has 5 N–H and O–H groups in total. The van der Waals surface area contributed by atoms with E-state index >= 15 is 0 Å². The average molecular weight is 668 g/mol. The van der Waals surface area contributed by atoms with Crippen LogP contribution in [0.2, 0.25) is 0 Å². The van der Waals surface area contributed by atoms with Crippen molar-refractivity contribution >= 4 is 34.6 Å². The second-order valence-corrected chi connectivity index (χ2v) is 13.6. The molecule has 4 atom stereocenters. The van der Waals surface area contributed by atoms with Crippen LogP contribution < -0.4 is 16.4 Å². The van der Waals surface area contributed by atoms with Gasteiger partial charge in [0, 0.05) is 42.2 Å². The minimum atomic E-state index is -1.07. The number of hydrogen-bond acceptors (Lipinski definition) is 6. The van der Waals surface area contributed by atoms with Gasteiger partial charge in [-0.05, 0) is 88.7 Å². The number of halogens is 2. The van der Waals surface area contributed by atoms with Crippen LogP contribution in [-0.2, 0) is 30.3 Å². The van der Waals surface area contributed by atoms with Gasteiger partial charge in [-0.25, -0.2) is 13.6 Å². The Bertz CT molecular complexity index is 1580. The molecule has 1 aromatic heterocycles. The Balaban J connectivity index is 1.55. The number of likely N-dealkylation sites (tertiary alicyclic amines) is 1. The Morgan fingerprint density at radius 2 is 1.77 bits per heavy atom. The van der Waals surface area contributed by atoms with Gasteiger partial charge in [-0.2, -0.15) is 0 Å². The first-order chi connectivity index (χ1) is 22.8. The minimum Gasteiger partial charge on any atom is -0.458 e. The van der Waals surface area contributed by atoms with Crippen LogP contribution in [0.15, 0.2) is 48.7 Å². The fourth-order valence-corrected chi connectivity index (χ4v) is 6.13. The monoisotopic (exact) mass is 667 g/mol. The summed E-state index contributed by atoms with van der Waals surface area (Å²) in [5, 5.41) is 6.70. The van der Waals surface area contributed by atoms with E-state index in [2.05, 4.69) is 15.6 Å². The van der Waals surface area contributed by atoms with Crippen LogP contribution in [0.25, 0.3) is 10.9 Å². The summed E-state index contributed by atoms with van der Waals surface area (Å²) in [5.74, 6) is -4.55. The summed E-state index contributed by atoms with van der Waals surface area (Å²) in [4.78, 5) is 58.9. The number of nitrogens with one attached hydrogen (secondary N) is 3. The number of nitrogens with two attached hydrogens (primary N) is 1. The van der Waals surface area contributed by atoms with Crippen LogP contribution in [0.4, 0.5) is 8.78 Å². The summed E-state index contributed by atoms with van der Waals surface area (Å²) >= 11 is 0. The largest absolute Gasteiger partial charge is 0.458 e. The number of fused-ring (bicyclic) bond motifs is 1. The van der Waals surface area contributed by atoms with E-state index in [1.807, 2.05) is 37.4 Å². The van der Waals surface area contributed by atoms with E-state index in [0.29, 0.717) is 45.2 Å². The molecule has 0 spiro atoms. The van der Waals surface area contributed by atoms with Gasteiger partial charge in [0.05, 0.1) is 12.3 Å². The molecule has 2 unspecified atom stereocenters. The molecule has 1 aliphatic heterocycles. The Kier molecular flexibility index (Phi) is 12.3. The van der Waals surface area contributed by atoms with Crippen LogP contribution >= 0.6 is 0 Å². The maximum atomic E-state index is 14.1. The van der Waals surface area contributed by atoms with E-state index in [4.69, 9.17) is 10.5 Å². The topological polar surface area (TPSA) is 147 Å². The van der Waals surface area contributed by atoms with Crippen molar-refractivity contribution < 1.29 is 32.7 Å². The van der Waals surface area contributed by atoms with E-state index < -0.39 is 58.9 Å². The number of ether oxygens (including phenoxy) is 1. The van der Waals surface area contributed by atoms with Crippen molar-refractivity contribution in [3.63, 3.8) is 0 Å². The number of aromatic nitrogens is 1. The molecule has 2 aromatic carbocycles. The second-order valence-electron chi connectivity index (χ2n) is 13.6. The number of hydrogen-bond donors (Lipinski definition) is 4. The number of rotatable bonds is 13. The minimum absolute atomic E-state index is 0.0951. The number of aromatic amines is 1. The summed E-state index contributed by atoms with van der Waals surface area (Å²) in [6.07, 6.45) is 4.19. The number of esters is 1. The molecule has 0 saturated carbocycles. The number of para-hydroxylation sites is 1. The van der Waals surface area contributed by atoms with Gasteiger partial charge < -0.3 is 31.0 Å². The molecule has 260 valence electrons. The van der Waals surface area contributed by atoms with Crippen molar-refractivity contribution in [2.45, 2.75) is 89.8 Å². The number of benzene rings is 2. The van der Waals surface area contributed by atoms with Crippen molar-refractivity contribution in [1.29, 1.82) is 0 Å². The maximum Gasteiger partial charge on any atom is 0.329 e. The van der Waals surface area contributed by atoms with E-state index in [1.54, 1.807) is 20.8 Å². The zero-order valence-electron chi connectivity index (χ0n) is 28.1. The molecule has 3 amide bonds. The predicted molar refractivity (Wildman–Crippen MR) is 179 cm³/mol. The van der Waals surface area contributed by atoms with Crippen molar-refractivity contribution in [2.24, 2.45) is 11.7 Å². The molecule has 12 heteroatoms. The standard InChI is InChI=1S/C36H47F2N5O5/c1-22(28-20-40-29-12-6-5-11-27(28)29)32(34(46)41-30(13-7-8-14-39)35(47)48-36(2,3)4)42-33(45)24-10-9-15-43(21-24)31(44)18-23-16-25(37)19-26(38)17-23/h5-6,11-12,16-17,19-20,22,24,30,32,40H,7-10,13-15,18,21,39H2,1-4H3,(H,41,46)(H,42,45)/t22-,24?,30-,32?/m0/s1. The van der Waals surface area contributed by atoms with Crippen LogP contribution in [0, 0.1) is 17.6 Å². The first kappa shape index (κ1) is 36.5. The molecular weight excluding hydrogens is 620 g/mol. The lowest BCUT2D eigenvalue weighted by molar-refractivity contribution is -0.159. The lowest BCUT2D eigenvalue weighted by Crippen LogP contribution is -2.56. The number of nitrogens with zero attached hydrogens (tertiary/aromatic N) is 1. The molecule has 2 heterocycles. The normalized spacial score (nSPS) is 17.0. The van der Waals surface area contributed by atoms with Gasteiger partial charge >= 0.3 is 5.97 Å². The molecule has 3 aromatic rings. The van der Waals surface area contributed by atoms with Crippen LogP contribution in [-0.4, -0.2) is 70.9 Å². The van der Waals surface area contributed by atoms with E-state index in [0.717, 1.165) is 34.7 Å². The number of amides is 3. The molecule has 48 heavy (non-hydrogen) atoms. The lowest BCUT2D eigenvalue weighted by atomic mass is 9.90. The third-order valence-electron chi connectivity index (χ3n) is 8.57. The van der Waals surface area contributed by atoms with Crippen molar-refractivity contribution in [3.05, 3.63) is 71.4 Å². The summed E-state index contributed by atoms with van der Waals surface area (Å²) in [6.45, 7) is 8.02. The third kappa shape index (κ3) is 9.85. The number of carbonyl (C=O) groups excluding carboxylic acids is 4. The van der Waals surface area contributed by atoms with Gasteiger partial charge in [0.2, 0.25) is 17.7 Å². The van der Waals surface area contributed by atoms with E-state index in [9.17, 15) is 28.0 Å². The van der Waals surface area contributed by atoms with Crippen molar-refractivity contribution in [2.75, 3.05) is 19.6 Å². The predicted octanol–water partition coefficient (Wildman–Crippen LogP) is 4.47. The number of piperidine rings is 1. The quantitative estimate of drug-likeness (QED) is 0.156. The van der Waals surface area contributed by atoms with Gasteiger partial charge in [0.15, 0.2) is 0 Å². The molecule has 1 saturated heterocycles. The Morgan fingerprint density at radius 1 is 1.06 bits per heavy atom. The molecule has 1 fully saturated rings. The summed E-state index contributed by atoms with van der Waals surface area (Å²) in [6, 6.07) is 8.59. The van der Waals surface area contributed by atoms with Crippen LogP contribution in [0.1, 0.15) is 76.8 Å². The molecule has 1 aliphatic rings. The zero-order chi connectivity index (χ0) is 35.0. The van der Waals surface area contributed by atoms with Gasteiger partial charge in [0.25, 0.3) is 0 Å². The molecule has 0 bridgehead atoms. The zero-order valence-corrected chi connectivity index (χ0v) is 28.1. The highest BCUT2D eigenvalue weighted by Crippen LogP contribution is 2.29. The maximum absolute atomic E-state index is 14.1. The van der Waals surface area contributed by atoms with Gasteiger partial charge in [-0.3, -0.25) is 14.4 Å². The smallest absolute Gasteiger partial charge is 0.329 e. The highest BCUT2D eigenvalue weighted by atomic mass is 19.1. The fraction of sp³-hybridized carbons (Fsp3) is 0.500. The van der Waals surface area contributed by atoms with E-state index in [1.165, 1.54) is 4.90 Å². The Labute approximate surface area is 280 Å². The fourth-order valence-electron chi connectivity index (χ4n) is 6.13. The lowest BCUT2D eigenvalue weighted by Gasteiger charge is -2.34. The van der Waals surface area contributed by atoms with Crippen LogP contribution in [0.5, 0.6) is 0 Å². The molecule has 4 rings (SSSR count).